The molecule has 0 aliphatic heterocycles. The van der Waals surface area contributed by atoms with Crippen molar-refractivity contribution >= 4 is 11.3 Å². The van der Waals surface area contributed by atoms with Gasteiger partial charge in [-0.3, -0.25) is 0 Å². The average Bonchev–Trinajstić information content (AvgIpc) is 2.71. The van der Waals surface area contributed by atoms with Crippen LogP contribution in [-0.4, -0.2) is 13.1 Å². The number of hydrogen-bond donors (Lipinski definition) is 1. The molecule has 0 saturated carbocycles. The second-order valence-electron chi connectivity index (χ2n) is 4.65. The minimum atomic E-state index is 0.413. The summed E-state index contributed by atoms with van der Waals surface area (Å²) in [7, 11) is 0. The van der Waals surface area contributed by atoms with E-state index in [2.05, 4.69) is 42.9 Å². The summed E-state index contributed by atoms with van der Waals surface area (Å²) in [5.41, 5.74) is 1.90. The number of hydrogen-bond acceptors (Lipinski definition) is 2. The molecule has 0 saturated heterocycles. The van der Waals surface area contributed by atoms with E-state index in [9.17, 15) is 0 Å². The van der Waals surface area contributed by atoms with E-state index in [0.717, 1.165) is 13.1 Å². The minimum absolute atomic E-state index is 0.413. The minimum Gasteiger partial charge on any atom is -0.316 e. The Hall–Kier alpha value is -0.340. The molecule has 1 atom stereocenters. The van der Waals surface area contributed by atoms with Gasteiger partial charge in [-0.15, -0.1) is 0 Å². The predicted octanol–water partition coefficient (Wildman–Crippen LogP) is 3.71. The second-order valence-corrected chi connectivity index (χ2v) is 5.43. The fourth-order valence-corrected chi connectivity index (χ4v) is 2.43. The molecular formula is C13H23NS. The first-order chi connectivity index (χ1) is 7.20. The molecular weight excluding hydrogens is 202 g/mol. The smallest absolute Gasteiger partial charge is 0.000825 e. The van der Waals surface area contributed by atoms with Crippen LogP contribution >= 0.6 is 11.3 Å². The van der Waals surface area contributed by atoms with Crippen LogP contribution in [0.5, 0.6) is 0 Å². The Kier molecular flexibility index (Phi) is 5.34. The quantitative estimate of drug-likeness (QED) is 0.698. The van der Waals surface area contributed by atoms with E-state index in [4.69, 9.17) is 0 Å². The van der Waals surface area contributed by atoms with Crippen LogP contribution in [0.15, 0.2) is 16.8 Å². The van der Waals surface area contributed by atoms with Gasteiger partial charge >= 0.3 is 0 Å². The van der Waals surface area contributed by atoms with Gasteiger partial charge in [-0.25, -0.2) is 0 Å². The van der Waals surface area contributed by atoms with Crippen LogP contribution in [0.4, 0.5) is 0 Å². The molecule has 0 spiro atoms. The molecule has 0 aliphatic carbocycles. The van der Waals surface area contributed by atoms with Crippen molar-refractivity contribution in [2.24, 2.45) is 5.41 Å². The van der Waals surface area contributed by atoms with E-state index in [0.29, 0.717) is 5.41 Å². The summed E-state index contributed by atoms with van der Waals surface area (Å²) >= 11 is 1.80. The van der Waals surface area contributed by atoms with E-state index in [-0.39, 0.29) is 0 Å². The van der Waals surface area contributed by atoms with E-state index in [1.165, 1.54) is 24.8 Å². The fraction of sp³-hybridized carbons (Fsp3) is 0.692. The molecule has 86 valence electrons. The highest BCUT2D eigenvalue weighted by Crippen LogP contribution is 2.26. The maximum atomic E-state index is 3.54. The fourth-order valence-electron chi connectivity index (χ4n) is 1.77. The molecule has 1 aromatic rings. The highest BCUT2D eigenvalue weighted by atomic mass is 32.1. The zero-order valence-corrected chi connectivity index (χ0v) is 11.0. The summed E-state index contributed by atoms with van der Waals surface area (Å²) in [4.78, 5) is 0. The van der Waals surface area contributed by atoms with Crippen LogP contribution in [0.3, 0.4) is 0 Å². The molecule has 0 aliphatic rings. The van der Waals surface area contributed by atoms with Crippen molar-refractivity contribution in [1.82, 2.24) is 5.32 Å². The van der Waals surface area contributed by atoms with E-state index < -0.39 is 0 Å². The van der Waals surface area contributed by atoms with Gasteiger partial charge in [0, 0.05) is 6.54 Å². The van der Waals surface area contributed by atoms with Gasteiger partial charge in [0.15, 0.2) is 0 Å². The van der Waals surface area contributed by atoms with Crippen molar-refractivity contribution in [2.75, 3.05) is 13.1 Å². The summed E-state index contributed by atoms with van der Waals surface area (Å²) in [6.07, 6.45) is 3.65. The van der Waals surface area contributed by atoms with Crippen LogP contribution < -0.4 is 5.32 Å². The van der Waals surface area contributed by atoms with E-state index in [1.807, 2.05) is 0 Å². The Bertz CT molecular complexity index is 256. The molecule has 0 bridgehead atoms. The molecule has 1 heterocycles. The van der Waals surface area contributed by atoms with E-state index >= 15 is 0 Å². The lowest BCUT2D eigenvalue weighted by Gasteiger charge is -2.28. The van der Waals surface area contributed by atoms with Crippen LogP contribution in [-0.2, 0) is 6.42 Å². The zero-order valence-electron chi connectivity index (χ0n) is 10.2. The van der Waals surface area contributed by atoms with E-state index in [1.54, 1.807) is 11.3 Å². The van der Waals surface area contributed by atoms with Crippen LogP contribution in [0.25, 0.3) is 0 Å². The average molecular weight is 225 g/mol. The molecule has 0 amide bonds. The van der Waals surface area contributed by atoms with Gasteiger partial charge in [0.25, 0.3) is 0 Å². The van der Waals surface area contributed by atoms with Gasteiger partial charge in [0.05, 0.1) is 0 Å². The Labute approximate surface area is 97.9 Å². The zero-order chi connectivity index (χ0) is 11.1. The number of rotatable bonds is 7. The van der Waals surface area contributed by atoms with Crippen molar-refractivity contribution in [3.63, 3.8) is 0 Å². The SMILES string of the molecule is CCCNCC(C)(CC)Cc1ccsc1. The maximum Gasteiger partial charge on any atom is 0.000825 e. The molecule has 1 rings (SSSR count). The Morgan fingerprint density at radius 1 is 1.40 bits per heavy atom. The van der Waals surface area contributed by atoms with Gasteiger partial charge in [-0.1, -0.05) is 20.8 Å². The van der Waals surface area contributed by atoms with Crippen molar-refractivity contribution in [2.45, 2.75) is 40.0 Å². The van der Waals surface area contributed by atoms with Gasteiger partial charge in [0.1, 0.15) is 0 Å². The first kappa shape index (κ1) is 12.7. The lowest BCUT2D eigenvalue weighted by Crippen LogP contribution is -2.33. The predicted molar refractivity (Wildman–Crippen MR) is 69.6 cm³/mol. The Morgan fingerprint density at radius 2 is 2.20 bits per heavy atom. The second kappa shape index (κ2) is 6.29. The monoisotopic (exact) mass is 225 g/mol. The number of nitrogens with one attached hydrogen (secondary N) is 1. The number of thiophene rings is 1. The normalized spacial score (nSPS) is 15.1. The maximum absolute atomic E-state index is 3.54. The molecule has 0 radical (unpaired) electrons. The van der Waals surface area contributed by atoms with Crippen molar-refractivity contribution in [1.29, 1.82) is 0 Å². The topological polar surface area (TPSA) is 12.0 Å². The van der Waals surface area contributed by atoms with Crippen molar-refractivity contribution in [3.8, 4) is 0 Å². The summed E-state index contributed by atoms with van der Waals surface area (Å²) in [6, 6.07) is 2.25. The molecule has 1 N–H and O–H groups in total. The lowest BCUT2D eigenvalue weighted by molar-refractivity contribution is 0.291. The Balaban J connectivity index is 2.44. The van der Waals surface area contributed by atoms with Crippen LogP contribution in [0, 0.1) is 5.41 Å². The molecule has 1 unspecified atom stereocenters. The third-order valence-corrected chi connectivity index (χ3v) is 3.78. The Morgan fingerprint density at radius 3 is 2.73 bits per heavy atom. The van der Waals surface area contributed by atoms with Gasteiger partial charge in [-0.2, -0.15) is 11.3 Å². The third-order valence-electron chi connectivity index (χ3n) is 3.04. The van der Waals surface area contributed by atoms with Crippen molar-refractivity contribution in [3.05, 3.63) is 22.4 Å². The lowest BCUT2D eigenvalue weighted by atomic mass is 9.82. The molecule has 0 fully saturated rings. The summed E-state index contributed by atoms with van der Waals surface area (Å²) in [6.45, 7) is 9.16. The summed E-state index contributed by atoms with van der Waals surface area (Å²) in [5.74, 6) is 0. The highest BCUT2D eigenvalue weighted by Gasteiger charge is 2.21. The van der Waals surface area contributed by atoms with Gasteiger partial charge < -0.3 is 5.32 Å². The molecule has 1 aromatic heterocycles. The molecule has 2 heteroatoms. The third kappa shape index (κ3) is 4.35. The molecule has 0 aromatic carbocycles. The van der Waals surface area contributed by atoms with Crippen LogP contribution in [0.1, 0.15) is 39.2 Å². The largest absolute Gasteiger partial charge is 0.316 e. The first-order valence-electron chi connectivity index (χ1n) is 5.92. The molecule has 1 nitrogen and oxygen atoms in total. The van der Waals surface area contributed by atoms with Crippen molar-refractivity contribution < 1.29 is 0 Å². The summed E-state index contributed by atoms with van der Waals surface area (Å²) in [5, 5.41) is 7.99. The van der Waals surface area contributed by atoms with Crippen LogP contribution in [0.2, 0.25) is 0 Å². The summed E-state index contributed by atoms with van der Waals surface area (Å²) < 4.78 is 0. The standard InChI is InChI=1S/C13H23NS/c1-4-7-14-11-13(3,5-2)9-12-6-8-15-10-12/h6,8,10,14H,4-5,7,9,11H2,1-3H3. The first-order valence-corrected chi connectivity index (χ1v) is 6.86. The highest BCUT2D eigenvalue weighted by molar-refractivity contribution is 7.07. The molecule has 15 heavy (non-hydrogen) atoms. The van der Waals surface area contributed by atoms with Gasteiger partial charge in [-0.05, 0) is 53.6 Å². The van der Waals surface area contributed by atoms with Gasteiger partial charge in [0.2, 0.25) is 0 Å².